The van der Waals surface area contributed by atoms with Crippen LogP contribution >= 0.6 is 23.2 Å². The predicted molar refractivity (Wildman–Crippen MR) is 71.9 cm³/mol. The average Bonchev–Trinajstić information content (AvgIpc) is 2.29. The topological polar surface area (TPSA) is 21.3 Å². The van der Waals surface area contributed by atoms with Gasteiger partial charge in [0.15, 0.2) is 0 Å². The van der Waals surface area contributed by atoms with Crippen LogP contribution in [0.4, 0.5) is 0 Å². The number of benzene rings is 1. The first-order valence-corrected chi connectivity index (χ1v) is 6.77. The number of morpholine rings is 1. The van der Waals surface area contributed by atoms with E-state index in [9.17, 15) is 0 Å². The van der Waals surface area contributed by atoms with E-state index >= 15 is 0 Å². The minimum Gasteiger partial charge on any atom is -0.368 e. The van der Waals surface area contributed by atoms with E-state index in [0.717, 1.165) is 31.5 Å². The van der Waals surface area contributed by atoms with Gasteiger partial charge in [0, 0.05) is 28.7 Å². The SMILES string of the molecule is CCCC1CNCC(c2ccc(Cl)cc2Cl)O1. The van der Waals surface area contributed by atoms with Gasteiger partial charge >= 0.3 is 0 Å². The first kappa shape index (κ1) is 13.2. The molecule has 1 heterocycles. The molecule has 0 aromatic heterocycles. The molecule has 94 valence electrons. The van der Waals surface area contributed by atoms with Gasteiger partial charge < -0.3 is 10.1 Å². The third-order valence-electron chi connectivity index (χ3n) is 2.98. The Morgan fingerprint density at radius 3 is 2.88 bits per heavy atom. The van der Waals surface area contributed by atoms with E-state index in [1.54, 1.807) is 6.07 Å². The lowest BCUT2D eigenvalue weighted by atomic mass is 10.1. The van der Waals surface area contributed by atoms with E-state index in [0.29, 0.717) is 10.0 Å². The van der Waals surface area contributed by atoms with Crippen molar-refractivity contribution < 1.29 is 4.74 Å². The first-order valence-electron chi connectivity index (χ1n) is 6.02. The lowest BCUT2D eigenvalue weighted by molar-refractivity contribution is -0.0424. The highest BCUT2D eigenvalue weighted by atomic mass is 35.5. The van der Waals surface area contributed by atoms with Crippen molar-refractivity contribution in [2.45, 2.75) is 32.0 Å². The molecule has 1 fully saturated rings. The molecule has 0 radical (unpaired) electrons. The largest absolute Gasteiger partial charge is 0.368 e. The lowest BCUT2D eigenvalue weighted by Crippen LogP contribution is -2.40. The molecule has 0 amide bonds. The number of hydrogen-bond donors (Lipinski definition) is 1. The van der Waals surface area contributed by atoms with Crippen molar-refractivity contribution in [2.24, 2.45) is 0 Å². The van der Waals surface area contributed by atoms with E-state index < -0.39 is 0 Å². The fraction of sp³-hybridized carbons (Fsp3) is 0.538. The zero-order valence-corrected chi connectivity index (χ0v) is 11.4. The van der Waals surface area contributed by atoms with Crippen molar-refractivity contribution in [1.29, 1.82) is 0 Å². The maximum Gasteiger partial charge on any atom is 0.0968 e. The Labute approximate surface area is 112 Å². The fourth-order valence-corrected chi connectivity index (χ4v) is 2.67. The molecule has 2 nitrogen and oxygen atoms in total. The number of rotatable bonds is 3. The number of hydrogen-bond acceptors (Lipinski definition) is 2. The normalized spacial score (nSPS) is 24.9. The van der Waals surface area contributed by atoms with Gasteiger partial charge in [-0.1, -0.05) is 42.6 Å². The Bertz CT molecular complexity index is 382. The minimum atomic E-state index is 0.0325. The van der Waals surface area contributed by atoms with Crippen LogP contribution in [0.15, 0.2) is 18.2 Å². The van der Waals surface area contributed by atoms with E-state index in [1.165, 1.54) is 0 Å². The third kappa shape index (κ3) is 3.35. The molecule has 1 aromatic carbocycles. The van der Waals surface area contributed by atoms with Gasteiger partial charge in [0.1, 0.15) is 0 Å². The molecule has 2 unspecified atom stereocenters. The number of nitrogens with one attached hydrogen (secondary N) is 1. The summed E-state index contributed by atoms with van der Waals surface area (Å²) in [4.78, 5) is 0. The summed E-state index contributed by atoms with van der Waals surface area (Å²) in [7, 11) is 0. The summed E-state index contributed by atoms with van der Waals surface area (Å²) in [5.41, 5.74) is 1.02. The molecule has 1 aliphatic rings. The van der Waals surface area contributed by atoms with E-state index in [4.69, 9.17) is 27.9 Å². The fourth-order valence-electron chi connectivity index (χ4n) is 2.14. The second kappa shape index (κ2) is 6.05. The lowest BCUT2D eigenvalue weighted by Gasteiger charge is -2.31. The smallest absolute Gasteiger partial charge is 0.0968 e. The van der Waals surface area contributed by atoms with Crippen molar-refractivity contribution >= 4 is 23.2 Å². The molecule has 2 rings (SSSR count). The molecule has 1 aromatic rings. The summed E-state index contributed by atoms with van der Waals surface area (Å²) in [6.07, 6.45) is 2.53. The van der Waals surface area contributed by atoms with Crippen LogP contribution in [-0.2, 0) is 4.74 Å². The number of ether oxygens (including phenoxy) is 1. The molecule has 0 aliphatic carbocycles. The van der Waals surface area contributed by atoms with Crippen LogP contribution in [0.5, 0.6) is 0 Å². The molecule has 1 N–H and O–H groups in total. The summed E-state index contributed by atoms with van der Waals surface area (Å²) >= 11 is 12.1. The minimum absolute atomic E-state index is 0.0325. The Balaban J connectivity index is 2.10. The molecule has 2 atom stereocenters. The molecule has 17 heavy (non-hydrogen) atoms. The molecular weight excluding hydrogens is 257 g/mol. The Kier molecular flexibility index (Phi) is 4.69. The molecule has 0 saturated carbocycles. The highest BCUT2D eigenvalue weighted by molar-refractivity contribution is 6.35. The van der Waals surface area contributed by atoms with E-state index in [1.807, 2.05) is 12.1 Å². The van der Waals surface area contributed by atoms with Crippen molar-refractivity contribution in [3.63, 3.8) is 0 Å². The van der Waals surface area contributed by atoms with Crippen molar-refractivity contribution in [3.05, 3.63) is 33.8 Å². The van der Waals surface area contributed by atoms with E-state index in [-0.39, 0.29) is 12.2 Å². The van der Waals surface area contributed by atoms with Gasteiger partial charge in [-0.25, -0.2) is 0 Å². The predicted octanol–water partition coefficient (Wildman–Crippen LogP) is 3.82. The number of halogens is 2. The van der Waals surface area contributed by atoms with Crippen LogP contribution in [0.3, 0.4) is 0 Å². The zero-order valence-electron chi connectivity index (χ0n) is 9.88. The monoisotopic (exact) mass is 273 g/mol. The van der Waals surface area contributed by atoms with Gasteiger partial charge in [0.05, 0.1) is 12.2 Å². The van der Waals surface area contributed by atoms with Crippen molar-refractivity contribution in [1.82, 2.24) is 5.32 Å². The highest BCUT2D eigenvalue weighted by Gasteiger charge is 2.24. The van der Waals surface area contributed by atoms with Gasteiger partial charge in [-0.3, -0.25) is 0 Å². The van der Waals surface area contributed by atoms with Crippen LogP contribution in [0.1, 0.15) is 31.4 Å². The van der Waals surface area contributed by atoms with Gasteiger partial charge in [-0.2, -0.15) is 0 Å². The summed E-state index contributed by atoms with van der Waals surface area (Å²) in [5.74, 6) is 0. The zero-order chi connectivity index (χ0) is 12.3. The summed E-state index contributed by atoms with van der Waals surface area (Å²) in [5, 5.41) is 4.74. The molecule has 4 heteroatoms. The second-order valence-electron chi connectivity index (χ2n) is 4.36. The highest BCUT2D eigenvalue weighted by Crippen LogP contribution is 2.30. The Morgan fingerprint density at radius 2 is 2.18 bits per heavy atom. The standard InChI is InChI=1S/C13H17Cl2NO/c1-2-3-10-7-16-8-13(17-10)11-5-4-9(14)6-12(11)15/h4-6,10,13,16H,2-3,7-8H2,1H3. The second-order valence-corrected chi connectivity index (χ2v) is 5.20. The summed E-state index contributed by atoms with van der Waals surface area (Å²) in [6, 6.07) is 5.58. The summed E-state index contributed by atoms with van der Waals surface area (Å²) < 4.78 is 6.04. The van der Waals surface area contributed by atoms with Crippen LogP contribution in [-0.4, -0.2) is 19.2 Å². The van der Waals surface area contributed by atoms with Gasteiger partial charge in [-0.05, 0) is 18.6 Å². The first-order chi connectivity index (χ1) is 8.20. The summed E-state index contributed by atoms with van der Waals surface area (Å²) in [6.45, 7) is 3.90. The van der Waals surface area contributed by atoms with Gasteiger partial charge in [0.2, 0.25) is 0 Å². The Morgan fingerprint density at radius 1 is 1.35 bits per heavy atom. The maximum atomic E-state index is 6.20. The van der Waals surface area contributed by atoms with Crippen LogP contribution < -0.4 is 5.32 Å². The van der Waals surface area contributed by atoms with Gasteiger partial charge in [0.25, 0.3) is 0 Å². The average molecular weight is 274 g/mol. The van der Waals surface area contributed by atoms with Crippen molar-refractivity contribution in [2.75, 3.05) is 13.1 Å². The molecule has 1 saturated heterocycles. The molecule has 0 spiro atoms. The van der Waals surface area contributed by atoms with Crippen molar-refractivity contribution in [3.8, 4) is 0 Å². The molecule has 0 bridgehead atoms. The van der Waals surface area contributed by atoms with Crippen LogP contribution in [0.25, 0.3) is 0 Å². The van der Waals surface area contributed by atoms with Crippen LogP contribution in [0.2, 0.25) is 10.0 Å². The Hall–Kier alpha value is -0.280. The molecule has 1 aliphatic heterocycles. The molecular formula is C13H17Cl2NO. The van der Waals surface area contributed by atoms with Crippen LogP contribution in [0, 0.1) is 0 Å². The van der Waals surface area contributed by atoms with E-state index in [2.05, 4.69) is 12.2 Å². The quantitative estimate of drug-likeness (QED) is 0.904. The maximum absolute atomic E-state index is 6.20. The third-order valence-corrected chi connectivity index (χ3v) is 3.54. The van der Waals surface area contributed by atoms with Gasteiger partial charge in [-0.15, -0.1) is 0 Å².